The van der Waals surface area contributed by atoms with Crippen LogP contribution < -0.4 is 15.5 Å². The number of H-pyrrole nitrogens is 1. The van der Waals surface area contributed by atoms with Gasteiger partial charge >= 0.3 is 0 Å². The van der Waals surface area contributed by atoms with E-state index in [1.165, 1.54) is 24.1 Å². The molecule has 0 aliphatic carbocycles. The Labute approximate surface area is 172 Å². The predicted molar refractivity (Wildman–Crippen MR) is 121 cm³/mol. The van der Waals surface area contributed by atoms with Crippen LogP contribution in [0.5, 0.6) is 0 Å². The fourth-order valence-electron chi connectivity index (χ4n) is 3.87. The van der Waals surface area contributed by atoms with E-state index >= 15 is 0 Å². The normalized spacial score (nSPS) is 15.7. The predicted octanol–water partition coefficient (Wildman–Crippen LogP) is 3.63. The van der Waals surface area contributed by atoms with E-state index < -0.39 is 0 Å². The number of para-hydroxylation sites is 2. The minimum Gasteiger partial charge on any atom is -0.372 e. The highest BCUT2D eigenvalue weighted by Gasteiger charge is 2.14. The van der Waals surface area contributed by atoms with Crippen LogP contribution in [0.1, 0.15) is 37.2 Å². The van der Waals surface area contributed by atoms with Crippen molar-refractivity contribution < 1.29 is 0 Å². The van der Waals surface area contributed by atoms with Gasteiger partial charge in [-0.2, -0.15) is 0 Å². The first-order chi connectivity index (χ1) is 14.2. The van der Waals surface area contributed by atoms with Gasteiger partial charge in [0.25, 0.3) is 0 Å². The second-order valence-corrected chi connectivity index (χ2v) is 7.60. The molecule has 3 N–H and O–H groups in total. The van der Waals surface area contributed by atoms with E-state index in [4.69, 9.17) is 0 Å². The molecule has 2 aromatic carbocycles. The van der Waals surface area contributed by atoms with Gasteiger partial charge in [-0.1, -0.05) is 24.3 Å². The summed E-state index contributed by atoms with van der Waals surface area (Å²) in [7, 11) is 1.81. The molecule has 1 fully saturated rings. The summed E-state index contributed by atoms with van der Waals surface area (Å²) < 4.78 is 0. The summed E-state index contributed by atoms with van der Waals surface area (Å²) in [6.45, 7) is 5.27. The second-order valence-electron chi connectivity index (χ2n) is 7.60. The maximum Gasteiger partial charge on any atom is 0.191 e. The highest BCUT2D eigenvalue weighted by molar-refractivity contribution is 5.80. The molecule has 1 unspecified atom stereocenters. The van der Waals surface area contributed by atoms with Crippen molar-refractivity contribution in [2.45, 2.75) is 32.2 Å². The largest absolute Gasteiger partial charge is 0.372 e. The number of hydrogen-bond acceptors (Lipinski definition) is 3. The van der Waals surface area contributed by atoms with E-state index in [1.807, 2.05) is 25.2 Å². The molecule has 1 aliphatic heterocycles. The van der Waals surface area contributed by atoms with Crippen LogP contribution in [-0.2, 0) is 6.42 Å². The van der Waals surface area contributed by atoms with Crippen molar-refractivity contribution in [3.05, 3.63) is 59.9 Å². The highest BCUT2D eigenvalue weighted by Crippen LogP contribution is 2.23. The lowest BCUT2D eigenvalue weighted by Gasteiger charge is -2.22. The van der Waals surface area contributed by atoms with E-state index in [0.29, 0.717) is 0 Å². The lowest BCUT2D eigenvalue weighted by Crippen LogP contribution is -2.39. The molecule has 152 valence electrons. The quantitative estimate of drug-likeness (QED) is 0.444. The molecule has 4 rings (SSSR count). The van der Waals surface area contributed by atoms with Gasteiger partial charge < -0.3 is 20.5 Å². The van der Waals surface area contributed by atoms with Crippen molar-refractivity contribution in [2.24, 2.45) is 4.99 Å². The Morgan fingerprint density at radius 3 is 2.79 bits per heavy atom. The van der Waals surface area contributed by atoms with Gasteiger partial charge in [-0.15, -0.1) is 0 Å². The van der Waals surface area contributed by atoms with Crippen molar-refractivity contribution in [1.82, 2.24) is 20.6 Å². The zero-order valence-electron chi connectivity index (χ0n) is 17.3. The van der Waals surface area contributed by atoms with Crippen molar-refractivity contribution in [2.75, 3.05) is 31.6 Å². The molecule has 0 bridgehead atoms. The summed E-state index contributed by atoms with van der Waals surface area (Å²) in [6.07, 6.45) is 3.40. The Morgan fingerprint density at radius 2 is 2.00 bits per heavy atom. The van der Waals surface area contributed by atoms with Crippen LogP contribution >= 0.6 is 0 Å². The summed E-state index contributed by atoms with van der Waals surface area (Å²) >= 11 is 0. The number of nitrogens with zero attached hydrogens (tertiary/aromatic N) is 3. The SMILES string of the molecule is CN=C(NCCc1nc2ccccc2[nH]1)NC(C)c1cccc(N2CCCC2)c1. The van der Waals surface area contributed by atoms with Gasteiger partial charge in [-0.05, 0) is 49.6 Å². The molecule has 0 radical (unpaired) electrons. The summed E-state index contributed by atoms with van der Waals surface area (Å²) in [6, 6.07) is 17.1. The van der Waals surface area contributed by atoms with Crippen molar-refractivity contribution in [3.8, 4) is 0 Å². The second kappa shape index (κ2) is 8.99. The molecule has 1 aromatic heterocycles. The Balaban J connectivity index is 1.32. The van der Waals surface area contributed by atoms with Crippen LogP contribution in [0.3, 0.4) is 0 Å². The third kappa shape index (κ3) is 4.70. The fraction of sp³-hybridized carbons (Fsp3) is 0.391. The van der Waals surface area contributed by atoms with Crippen molar-refractivity contribution in [1.29, 1.82) is 0 Å². The van der Waals surface area contributed by atoms with Gasteiger partial charge in [0.2, 0.25) is 0 Å². The van der Waals surface area contributed by atoms with Crippen LogP contribution in [0.2, 0.25) is 0 Å². The number of hydrogen-bond donors (Lipinski definition) is 3. The molecule has 0 spiro atoms. The lowest BCUT2D eigenvalue weighted by molar-refractivity contribution is 0.681. The first-order valence-corrected chi connectivity index (χ1v) is 10.5. The molecular weight excluding hydrogens is 360 g/mol. The monoisotopic (exact) mass is 390 g/mol. The van der Waals surface area contributed by atoms with Gasteiger partial charge in [-0.25, -0.2) is 4.98 Å². The van der Waals surface area contributed by atoms with Crippen LogP contribution in [-0.4, -0.2) is 42.6 Å². The highest BCUT2D eigenvalue weighted by atomic mass is 15.2. The van der Waals surface area contributed by atoms with Gasteiger partial charge in [0, 0.05) is 38.8 Å². The summed E-state index contributed by atoms with van der Waals surface area (Å²) in [5.41, 5.74) is 4.68. The maximum atomic E-state index is 4.63. The van der Waals surface area contributed by atoms with Crippen LogP contribution in [0.4, 0.5) is 5.69 Å². The van der Waals surface area contributed by atoms with E-state index in [-0.39, 0.29) is 6.04 Å². The molecule has 1 saturated heterocycles. The Kier molecular flexibility index (Phi) is 5.98. The van der Waals surface area contributed by atoms with E-state index in [1.54, 1.807) is 0 Å². The third-order valence-corrected chi connectivity index (χ3v) is 5.51. The molecule has 0 saturated carbocycles. The number of fused-ring (bicyclic) bond motifs is 1. The first-order valence-electron chi connectivity index (χ1n) is 10.5. The number of benzene rings is 2. The number of imidazole rings is 1. The average molecular weight is 391 g/mol. The molecule has 6 heteroatoms. The molecule has 2 heterocycles. The zero-order valence-corrected chi connectivity index (χ0v) is 17.3. The molecule has 1 atom stereocenters. The number of guanidine groups is 1. The number of aliphatic imine (C=N–C) groups is 1. The van der Waals surface area contributed by atoms with Crippen molar-refractivity contribution in [3.63, 3.8) is 0 Å². The smallest absolute Gasteiger partial charge is 0.191 e. The maximum absolute atomic E-state index is 4.63. The lowest BCUT2D eigenvalue weighted by atomic mass is 10.1. The van der Waals surface area contributed by atoms with E-state index in [9.17, 15) is 0 Å². The number of aromatic nitrogens is 2. The zero-order chi connectivity index (χ0) is 20.1. The Bertz CT molecular complexity index is 937. The van der Waals surface area contributed by atoms with E-state index in [0.717, 1.165) is 48.9 Å². The first kappa shape index (κ1) is 19.3. The number of nitrogens with one attached hydrogen (secondary N) is 3. The average Bonchev–Trinajstić information content (AvgIpc) is 3.42. The third-order valence-electron chi connectivity index (χ3n) is 5.51. The fourth-order valence-corrected chi connectivity index (χ4v) is 3.87. The van der Waals surface area contributed by atoms with Crippen LogP contribution in [0, 0.1) is 0 Å². The molecule has 3 aromatic rings. The summed E-state index contributed by atoms with van der Waals surface area (Å²) in [4.78, 5) is 14.9. The molecular formula is C23H30N6. The number of anilines is 1. The Morgan fingerprint density at radius 1 is 1.17 bits per heavy atom. The topological polar surface area (TPSA) is 68.3 Å². The van der Waals surface area contributed by atoms with Crippen LogP contribution in [0.15, 0.2) is 53.5 Å². The van der Waals surface area contributed by atoms with Gasteiger partial charge in [-0.3, -0.25) is 4.99 Å². The molecule has 1 aliphatic rings. The standard InChI is InChI=1S/C23H30N6/c1-17(18-8-7-9-19(16-18)29-14-5-6-15-29)26-23(24-2)25-13-12-22-27-20-10-3-4-11-21(20)28-22/h3-4,7-11,16-17H,5-6,12-15H2,1-2H3,(H,27,28)(H2,24,25,26). The summed E-state index contributed by atoms with van der Waals surface area (Å²) in [5.74, 6) is 1.79. The van der Waals surface area contributed by atoms with Gasteiger partial charge in [0.15, 0.2) is 5.96 Å². The van der Waals surface area contributed by atoms with Crippen LogP contribution in [0.25, 0.3) is 11.0 Å². The van der Waals surface area contributed by atoms with Crippen molar-refractivity contribution >= 4 is 22.7 Å². The van der Waals surface area contributed by atoms with E-state index in [2.05, 4.69) is 67.7 Å². The molecule has 0 amide bonds. The van der Waals surface area contributed by atoms with Gasteiger partial charge in [0.05, 0.1) is 17.1 Å². The minimum atomic E-state index is 0.176. The Hall–Kier alpha value is -3.02. The minimum absolute atomic E-state index is 0.176. The number of aromatic amines is 1. The molecule has 6 nitrogen and oxygen atoms in total. The molecule has 29 heavy (non-hydrogen) atoms. The number of rotatable bonds is 6. The summed E-state index contributed by atoms with van der Waals surface area (Å²) in [5, 5.41) is 6.90. The van der Waals surface area contributed by atoms with Gasteiger partial charge in [0.1, 0.15) is 5.82 Å².